The lowest BCUT2D eigenvalue weighted by molar-refractivity contribution is 0.333. The Bertz CT molecular complexity index is 145. The Hall–Kier alpha value is -1.02. The van der Waals surface area contributed by atoms with Crippen molar-refractivity contribution in [3.63, 3.8) is 0 Å². The van der Waals surface area contributed by atoms with Crippen LogP contribution in [0.15, 0.2) is 37.1 Å². The molecule has 0 radical (unpaired) electrons. The van der Waals surface area contributed by atoms with E-state index in [4.69, 9.17) is 0 Å². The van der Waals surface area contributed by atoms with Crippen molar-refractivity contribution in [3.05, 3.63) is 37.1 Å². The Morgan fingerprint density at radius 3 is 2.50 bits per heavy atom. The van der Waals surface area contributed by atoms with Crippen LogP contribution < -0.4 is 5.43 Å². The molecule has 0 heterocycles. The Morgan fingerprint density at radius 2 is 2.10 bits per heavy atom. The highest BCUT2D eigenvalue weighted by atomic mass is 15.5. The molecule has 0 aliphatic rings. The molecule has 0 spiro atoms. The van der Waals surface area contributed by atoms with Gasteiger partial charge in [-0.05, 0) is 6.08 Å². The molecule has 0 bridgehead atoms. The molecule has 2 heteroatoms. The van der Waals surface area contributed by atoms with Crippen molar-refractivity contribution in [2.75, 3.05) is 14.1 Å². The predicted molar refractivity (Wildman–Crippen MR) is 45.3 cm³/mol. The van der Waals surface area contributed by atoms with E-state index in [1.807, 2.05) is 31.3 Å². The molecule has 0 saturated carbocycles. The maximum atomic E-state index is 3.74. The maximum absolute atomic E-state index is 3.74. The molecular weight excluding hydrogens is 124 g/mol. The molecular formula is C8H14N2. The standard InChI is InChI=1S/C8H14N2/c1-5-6-7-8(2)9-10(3)4/h5-7,9H,1-2H2,3-4H3/b7-6-. The van der Waals surface area contributed by atoms with Crippen LogP contribution in [0.2, 0.25) is 0 Å². The second kappa shape index (κ2) is 4.82. The third-order valence-electron chi connectivity index (χ3n) is 0.801. The van der Waals surface area contributed by atoms with E-state index in [0.717, 1.165) is 5.70 Å². The molecule has 0 atom stereocenters. The monoisotopic (exact) mass is 138 g/mol. The summed E-state index contributed by atoms with van der Waals surface area (Å²) in [5.74, 6) is 0. The lowest BCUT2D eigenvalue weighted by atomic mass is 10.4. The molecule has 0 fully saturated rings. The van der Waals surface area contributed by atoms with Crippen LogP contribution in [0.5, 0.6) is 0 Å². The van der Waals surface area contributed by atoms with Gasteiger partial charge in [-0.2, -0.15) is 0 Å². The summed E-state index contributed by atoms with van der Waals surface area (Å²) in [5, 5.41) is 1.83. The van der Waals surface area contributed by atoms with Gasteiger partial charge in [-0.1, -0.05) is 25.3 Å². The number of rotatable bonds is 4. The van der Waals surface area contributed by atoms with Gasteiger partial charge in [-0.3, -0.25) is 0 Å². The van der Waals surface area contributed by atoms with Crippen molar-refractivity contribution in [2.45, 2.75) is 0 Å². The van der Waals surface area contributed by atoms with Gasteiger partial charge in [0.05, 0.1) is 0 Å². The van der Waals surface area contributed by atoms with E-state index in [0.29, 0.717) is 0 Å². The second-order valence-corrected chi connectivity index (χ2v) is 2.13. The third kappa shape index (κ3) is 5.12. The van der Waals surface area contributed by atoms with E-state index in [1.54, 1.807) is 6.08 Å². The molecule has 0 aliphatic carbocycles. The minimum atomic E-state index is 0.852. The first kappa shape index (κ1) is 8.98. The smallest absolute Gasteiger partial charge is 0.0418 e. The Morgan fingerprint density at radius 1 is 1.50 bits per heavy atom. The summed E-state index contributed by atoms with van der Waals surface area (Å²) in [4.78, 5) is 0. The van der Waals surface area contributed by atoms with E-state index < -0.39 is 0 Å². The number of nitrogens with zero attached hydrogens (tertiary/aromatic N) is 1. The molecule has 0 rings (SSSR count). The van der Waals surface area contributed by atoms with Crippen LogP contribution in [0.25, 0.3) is 0 Å². The highest BCUT2D eigenvalue weighted by molar-refractivity contribution is 5.15. The summed E-state index contributed by atoms with van der Waals surface area (Å²) in [6.45, 7) is 7.29. The second-order valence-electron chi connectivity index (χ2n) is 2.13. The average Bonchev–Trinajstić information content (AvgIpc) is 1.82. The van der Waals surface area contributed by atoms with Crippen LogP contribution >= 0.6 is 0 Å². The minimum Gasteiger partial charge on any atom is -0.320 e. The highest BCUT2D eigenvalue weighted by Gasteiger charge is 1.85. The molecule has 0 aromatic heterocycles. The molecule has 0 unspecified atom stereocenters. The first-order chi connectivity index (χ1) is 4.66. The van der Waals surface area contributed by atoms with Crippen LogP contribution in [0, 0.1) is 0 Å². The van der Waals surface area contributed by atoms with Gasteiger partial charge in [0.1, 0.15) is 0 Å². The van der Waals surface area contributed by atoms with Crippen molar-refractivity contribution < 1.29 is 0 Å². The van der Waals surface area contributed by atoms with E-state index in [2.05, 4.69) is 18.6 Å². The largest absolute Gasteiger partial charge is 0.320 e. The SMILES string of the molecule is C=C/C=C\C(=C)NN(C)C. The van der Waals surface area contributed by atoms with Gasteiger partial charge in [0.25, 0.3) is 0 Å². The van der Waals surface area contributed by atoms with Crippen LogP contribution in [0.3, 0.4) is 0 Å². The van der Waals surface area contributed by atoms with Crippen molar-refractivity contribution >= 4 is 0 Å². The first-order valence-corrected chi connectivity index (χ1v) is 3.09. The van der Waals surface area contributed by atoms with Gasteiger partial charge in [0.2, 0.25) is 0 Å². The normalized spacial score (nSPS) is 10.3. The molecule has 0 aromatic carbocycles. The lowest BCUT2D eigenvalue weighted by Crippen LogP contribution is -2.28. The summed E-state index contributed by atoms with van der Waals surface area (Å²) >= 11 is 0. The van der Waals surface area contributed by atoms with Gasteiger partial charge < -0.3 is 5.43 Å². The van der Waals surface area contributed by atoms with Gasteiger partial charge in [0.15, 0.2) is 0 Å². The molecule has 56 valence electrons. The fourth-order valence-corrected chi connectivity index (χ4v) is 0.509. The van der Waals surface area contributed by atoms with Crippen molar-refractivity contribution in [2.24, 2.45) is 0 Å². The van der Waals surface area contributed by atoms with E-state index in [-0.39, 0.29) is 0 Å². The van der Waals surface area contributed by atoms with E-state index >= 15 is 0 Å². The number of hydrogen-bond donors (Lipinski definition) is 1. The zero-order chi connectivity index (χ0) is 7.98. The van der Waals surface area contributed by atoms with Crippen molar-refractivity contribution in [3.8, 4) is 0 Å². The number of hydrazine groups is 1. The van der Waals surface area contributed by atoms with Crippen LogP contribution in [-0.2, 0) is 0 Å². The van der Waals surface area contributed by atoms with Crippen molar-refractivity contribution in [1.29, 1.82) is 0 Å². The molecule has 10 heavy (non-hydrogen) atoms. The summed E-state index contributed by atoms with van der Waals surface area (Å²) in [5.41, 5.74) is 3.83. The number of nitrogens with one attached hydrogen (secondary N) is 1. The Labute approximate surface area is 62.5 Å². The maximum Gasteiger partial charge on any atom is 0.0418 e. The zero-order valence-corrected chi connectivity index (χ0v) is 6.59. The summed E-state index contributed by atoms with van der Waals surface area (Å²) in [7, 11) is 3.82. The summed E-state index contributed by atoms with van der Waals surface area (Å²) in [6.07, 6.45) is 5.40. The predicted octanol–water partition coefficient (Wildman–Crippen LogP) is 1.31. The summed E-state index contributed by atoms with van der Waals surface area (Å²) in [6, 6.07) is 0. The zero-order valence-electron chi connectivity index (χ0n) is 6.59. The summed E-state index contributed by atoms with van der Waals surface area (Å²) < 4.78 is 0. The van der Waals surface area contributed by atoms with Crippen LogP contribution in [0.1, 0.15) is 0 Å². The van der Waals surface area contributed by atoms with Crippen molar-refractivity contribution in [1.82, 2.24) is 10.4 Å². The topological polar surface area (TPSA) is 15.3 Å². The van der Waals surface area contributed by atoms with Gasteiger partial charge >= 0.3 is 0 Å². The third-order valence-corrected chi connectivity index (χ3v) is 0.801. The fraction of sp³-hybridized carbons (Fsp3) is 0.250. The Kier molecular flexibility index (Phi) is 4.33. The molecule has 0 amide bonds. The van der Waals surface area contributed by atoms with Crippen LogP contribution in [0.4, 0.5) is 0 Å². The fourth-order valence-electron chi connectivity index (χ4n) is 0.509. The quantitative estimate of drug-likeness (QED) is 0.465. The number of allylic oxidation sites excluding steroid dienone is 3. The lowest BCUT2D eigenvalue weighted by Gasteiger charge is -2.12. The van der Waals surface area contributed by atoms with Gasteiger partial charge in [-0.15, -0.1) is 0 Å². The van der Waals surface area contributed by atoms with Crippen LogP contribution in [-0.4, -0.2) is 19.1 Å². The Balaban J connectivity index is 3.64. The molecule has 0 aliphatic heterocycles. The van der Waals surface area contributed by atoms with E-state index in [9.17, 15) is 0 Å². The average molecular weight is 138 g/mol. The minimum absolute atomic E-state index is 0.852. The molecule has 0 aromatic rings. The molecule has 1 N–H and O–H groups in total. The number of hydrogen-bond acceptors (Lipinski definition) is 2. The molecule has 2 nitrogen and oxygen atoms in total. The molecule has 0 saturated heterocycles. The van der Waals surface area contributed by atoms with E-state index in [1.165, 1.54) is 0 Å². The highest BCUT2D eigenvalue weighted by Crippen LogP contribution is 1.86. The van der Waals surface area contributed by atoms with Gasteiger partial charge in [-0.25, -0.2) is 5.01 Å². The first-order valence-electron chi connectivity index (χ1n) is 3.09. The van der Waals surface area contributed by atoms with Gasteiger partial charge in [0, 0.05) is 19.8 Å².